The van der Waals surface area contributed by atoms with Crippen molar-refractivity contribution in [2.24, 2.45) is 5.73 Å². The van der Waals surface area contributed by atoms with Gasteiger partial charge < -0.3 is 15.0 Å². The first-order chi connectivity index (χ1) is 11.7. The van der Waals surface area contributed by atoms with Gasteiger partial charge in [0.05, 0.1) is 23.7 Å². The van der Waals surface area contributed by atoms with Gasteiger partial charge in [-0.2, -0.15) is 0 Å². The molecular formula is C20H25N3O. The number of aryl methyl sites for hydroxylation is 2. The maximum absolute atomic E-state index is 6.25. The monoisotopic (exact) mass is 323 g/mol. The van der Waals surface area contributed by atoms with Gasteiger partial charge in [0.2, 0.25) is 0 Å². The van der Waals surface area contributed by atoms with Crippen molar-refractivity contribution in [3.63, 3.8) is 0 Å². The molecule has 0 amide bonds. The maximum atomic E-state index is 6.25. The number of rotatable bonds is 7. The molecule has 1 heterocycles. The standard InChI is InChI=1S/C20H25N3O/c1-3-17(21)20-22-18-7-4-5-8-19(18)23(20)13-6-14-24-16-11-9-15(2)10-12-16/h4-5,7-12,17H,3,6,13-14,21H2,1-2H3. The third-order valence-electron chi connectivity index (χ3n) is 4.27. The molecule has 3 aromatic rings. The van der Waals surface area contributed by atoms with Crippen LogP contribution in [0.4, 0.5) is 0 Å². The molecule has 0 spiro atoms. The molecule has 0 fully saturated rings. The topological polar surface area (TPSA) is 53.1 Å². The lowest BCUT2D eigenvalue weighted by Crippen LogP contribution is -2.17. The lowest BCUT2D eigenvalue weighted by Gasteiger charge is -2.13. The average Bonchev–Trinajstić information content (AvgIpc) is 2.98. The van der Waals surface area contributed by atoms with Crippen LogP contribution in [0.3, 0.4) is 0 Å². The van der Waals surface area contributed by atoms with Crippen molar-refractivity contribution < 1.29 is 4.74 Å². The summed E-state index contributed by atoms with van der Waals surface area (Å²) in [6, 6.07) is 16.3. The van der Waals surface area contributed by atoms with Crippen LogP contribution in [0.15, 0.2) is 48.5 Å². The van der Waals surface area contributed by atoms with E-state index < -0.39 is 0 Å². The van der Waals surface area contributed by atoms with Crippen LogP contribution >= 0.6 is 0 Å². The number of ether oxygens (including phenoxy) is 1. The molecule has 1 aromatic heterocycles. The van der Waals surface area contributed by atoms with Gasteiger partial charge in [0.1, 0.15) is 11.6 Å². The van der Waals surface area contributed by atoms with E-state index in [0.29, 0.717) is 6.61 Å². The summed E-state index contributed by atoms with van der Waals surface area (Å²) >= 11 is 0. The molecule has 0 radical (unpaired) electrons. The molecule has 24 heavy (non-hydrogen) atoms. The molecule has 1 unspecified atom stereocenters. The molecule has 0 saturated heterocycles. The van der Waals surface area contributed by atoms with Crippen molar-refractivity contribution in [2.75, 3.05) is 6.61 Å². The molecule has 0 aliphatic heterocycles. The maximum Gasteiger partial charge on any atom is 0.126 e. The predicted molar refractivity (Wildman–Crippen MR) is 98.2 cm³/mol. The van der Waals surface area contributed by atoms with Gasteiger partial charge in [-0.3, -0.25) is 0 Å². The van der Waals surface area contributed by atoms with Crippen LogP contribution in [0.5, 0.6) is 5.75 Å². The van der Waals surface area contributed by atoms with E-state index in [1.165, 1.54) is 5.56 Å². The molecule has 0 aliphatic carbocycles. The lowest BCUT2D eigenvalue weighted by molar-refractivity contribution is 0.301. The second kappa shape index (κ2) is 7.49. The average molecular weight is 323 g/mol. The number of fused-ring (bicyclic) bond motifs is 1. The Hall–Kier alpha value is -2.33. The summed E-state index contributed by atoms with van der Waals surface area (Å²) in [6.45, 7) is 5.70. The van der Waals surface area contributed by atoms with E-state index >= 15 is 0 Å². The third-order valence-corrected chi connectivity index (χ3v) is 4.27. The quantitative estimate of drug-likeness (QED) is 0.662. The van der Waals surface area contributed by atoms with Crippen LogP contribution in [0.1, 0.15) is 37.2 Å². The SMILES string of the molecule is CCC(N)c1nc2ccccc2n1CCCOc1ccc(C)cc1. The Morgan fingerprint density at radius 3 is 2.62 bits per heavy atom. The smallest absolute Gasteiger partial charge is 0.126 e. The van der Waals surface area contributed by atoms with Gasteiger partial charge in [-0.1, -0.05) is 36.8 Å². The fourth-order valence-corrected chi connectivity index (χ4v) is 2.84. The highest BCUT2D eigenvalue weighted by Gasteiger charge is 2.15. The second-order valence-corrected chi connectivity index (χ2v) is 6.14. The fourth-order valence-electron chi connectivity index (χ4n) is 2.84. The van der Waals surface area contributed by atoms with Gasteiger partial charge in [-0.05, 0) is 44.0 Å². The van der Waals surface area contributed by atoms with E-state index in [9.17, 15) is 0 Å². The van der Waals surface area contributed by atoms with E-state index in [-0.39, 0.29) is 6.04 Å². The molecule has 0 saturated carbocycles. The first-order valence-electron chi connectivity index (χ1n) is 8.59. The van der Waals surface area contributed by atoms with Crippen LogP contribution < -0.4 is 10.5 Å². The summed E-state index contributed by atoms with van der Waals surface area (Å²) < 4.78 is 8.07. The second-order valence-electron chi connectivity index (χ2n) is 6.14. The molecule has 0 bridgehead atoms. The van der Waals surface area contributed by atoms with E-state index in [2.05, 4.69) is 36.6 Å². The minimum atomic E-state index is -0.0320. The van der Waals surface area contributed by atoms with Crippen molar-refractivity contribution in [1.29, 1.82) is 0 Å². The first kappa shape index (κ1) is 16.5. The van der Waals surface area contributed by atoms with Gasteiger partial charge in [0.15, 0.2) is 0 Å². The molecular weight excluding hydrogens is 298 g/mol. The van der Waals surface area contributed by atoms with Crippen LogP contribution in [0.25, 0.3) is 11.0 Å². The van der Waals surface area contributed by atoms with Gasteiger partial charge in [0, 0.05) is 6.54 Å². The van der Waals surface area contributed by atoms with Gasteiger partial charge in [-0.25, -0.2) is 4.98 Å². The number of imidazole rings is 1. The number of para-hydroxylation sites is 2. The number of hydrogen-bond acceptors (Lipinski definition) is 3. The highest BCUT2D eigenvalue weighted by Crippen LogP contribution is 2.22. The summed E-state index contributed by atoms with van der Waals surface area (Å²) in [4.78, 5) is 4.73. The summed E-state index contributed by atoms with van der Waals surface area (Å²) in [6.07, 6.45) is 1.79. The molecule has 1 atom stereocenters. The molecule has 2 aromatic carbocycles. The summed E-state index contributed by atoms with van der Waals surface area (Å²) in [7, 11) is 0. The Morgan fingerprint density at radius 2 is 1.88 bits per heavy atom. The highest BCUT2D eigenvalue weighted by molar-refractivity contribution is 5.76. The van der Waals surface area contributed by atoms with Crippen molar-refractivity contribution in [3.05, 3.63) is 59.9 Å². The molecule has 126 valence electrons. The third kappa shape index (κ3) is 3.60. The lowest BCUT2D eigenvalue weighted by atomic mass is 10.2. The number of hydrogen-bond donors (Lipinski definition) is 1. The summed E-state index contributed by atoms with van der Waals surface area (Å²) in [5.74, 6) is 1.88. The molecule has 3 rings (SSSR count). The molecule has 4 nitrogen and oxygen atoms in total. The predicted octanol–water partition coefficient (Wildman–Crippen LogP) is 4.22. The highest BCUT2D eigenvalue weighted by atomic mass is 16.5. The van der Waals surface area contributed by atoms with Gasteiger partial charge in [-0.15, -0.1) is 0 Å². The Kier molecular flexibility index (Phi) is 5.16. The van der Waals surface area contributed by atoms with E-state index in [1.54, 1.807) is 0 Å². The van der Waals surface area contributed by atoms with Crippen molar-refractivity contribution >= 4 is 11.0 Å². The Balaban J connectivity index is 1.68. The normalized spacial score (nSPS) is 12.5. The van der Waals surface area contributed by atoms with E-state index in [0.717, 1.165) is 42.0 Å². The zero-order valence-corrected chi connectivity index (χ0v) is 14.4. The number of aromatic nitrogens is 2. The zero-order chi connectivity index (χ0) is 16.9. The first-order valence-corrected chi connectivity index (χ1v) is 8.59. The number of nitrogens with zero attached hydrogens (tertiary/aromatic N) is 2. The van der Waals surface area contributed by atoms with Crippen molar-refractivity contribution in [2.45, 2.75) is 39.3 Å². The summed E-state index contributed by atoms with van der Waals surface area (Å²) in [5.41, 5.74) is 9.65. The Morgan fingerprint density at radius 1 is 1.12 bits per heavy atom. The van der Waals surface area contributed by atoms with Crippen LogP contribution in [0.2, 0.25) is 0 Å². The zero-order valence-electron chi connectivity index (χ0n) is 14.4. The van der Waals surface area contributed by atoms with Crippen LogP contribution in [-0.2, 0) is 6.54 Å². The molecule has 0 aliphatic rings. The fraction of sp³-hybridized carbons (Fsp3) is 0.350. The Labute approximate surface area is 143 Å². The van der Waals surface area contributed by atoms with Gasteiger partial charge in [0.25, 0.3) is 0 Å². The van der Waals surface area contributed by atoms with Crippen LogP contribution in [0, 0.1) is 6.92 Å². The number of nitrogens with two attached hydrogens (primary N) is 1. The van der Waals surface area contributed by atoms with E-state index in [1.807, 2.05) is 30.3 Å². The minimum absolute atomic E-state index is 0.0320. The largest absolute Gasteiger partial charge is 0.494 e. The van der Waals surface area contributed by atoms with Crippen molar-refractivity contribution in [1.82, 2.24) is 9.55 Å². The van der Waals surface area contributed by atoms with E-state index in [4.69, 9.17) is 15.5 Å². The summed E-state index contributed by atoms with van der Waals surface area (Å²) in [5, 5.41) is 0. The minimum Gasteiger partial charge on any atom is -0.494 e. The Bertz CT molecular complexity index is 792. The molecule has 4 heteroatoms. The van der Waals surface area contributed by atoms with Crippen LogP contribution in [-0.4, -0.2) is 16.2 Å². The van der Waals surface area contributed by atoms with Gasteiger partial charge >= 0.3 is 0 Å². The molecule has 2 N–H and O–H groups in total. The van der Waals surface area contributed by atoms with Crippen molar-refractivity contribution in [3.8, 4) is 5.75 Å². The number of benzene rings is 2.